The molecule has 3 atom stereocenters. The maximum absolute atomic E-state index is 13.2. The van der Waals surface area contributed by atoms with Crippen molar-refractivity contribution in [3.63, 3.8) is 0 Å². The Bertz CT molecular complexity index is 1330. The number of carbonyl (C=O) groups excluding carboxylic acids is 1. The summed E-state index contributed by atoms with van der Waals surface area (Å²) in [6, 6.07) is 12.0. The van der Waals surface area contributed by atoms with Crippen LogP contribution in [0.15, 0.2) is 53.7 Å². The lowest BCUT2D eigenvalue weighted by atomic mass is 9.95. The highest BCUT2D eigenvalue weighted by atomic mass is 32.2. The van der Waals surface area contributed by atoms with Crippen molar-refractivity contribution < 1.29 is 13.2 Å². The fourth-order valence-corrected chi connectivity index (χ4v) is 6.41. The predicted octanol–water partition coefficient (Wildman–Crippen LogP) is 3.73. The minimum Gasteiger partial charge on any atom is -0.380 e. The number of hydrogen-bond acceptors (Lipinski definition) is 6. The lowest BCUT2D eigenvalue weighted by molar-refractivity contribution is -0.115. The van der Waals surface area contributed by atoms with E-state index in [9.17, 15) is 13.2 Å². The van der Waals surface area contributed by atoms with Gasteiger partial charge in [-0.2, -0.15) is 5.26 Å². The molecule has 2 aromatic heterocycles. The second-order valence-electron chi connectivity index (χ2n) is 8.52. The summed E-state index contributed by atoms with van der Waals surface area (Å²) in [6.07, 6.45) is 7.38. The van der Waals surface area contributed by atoms with Crippen molar-refractivity contribution in [1.82, 2.24) is 8.96 Å². The van der Waals surface area contributed by atoms with Gasteiger partial charge in [0, 0.05) is 17.6 Å². The summed E-state index contributed by atoms with van der Waals surface area (Å²) in [7, 11) is -3.82. The zero-order valence-electron chi connectivity index (χ0n) is 17.4. The Morgan fingerprint density at radius 3 is 2.69 bits per heavy atom. The summed E-state index contributed by atoms with van der Waals surface area (Å²) in [5.74, 6) is 0.858. The first-order valence-electron chi connectivity index (χ1n) is 10.7. The third-order valence-electron chi connectivity index (χ3n) is 6.56. The number of pyridine rings is 1. The van der Waals surface area contributed by atoms with Crippen LogP contribution in [-0.2, 0) is 14.8 Å². The first-order chi connectivity index (χ1) is 15.5. The van der Waals surface area contributed by atoms with Crippen LogP contribution in [0.2, 0.25) is 0 Å². The molecule has 9 heteroatoms. The summed E-state index contributed by atoms with van der Waals surface area (Å²) < 4.78 is 27.6. The van der Waals surface area contributed by atoms with E-state index in [0.29, 0.717) is 22.7 Å². The molecule has 2 aliphatic carbocycles. The number of nitrogens with zero attached hydrogens (tertiary/aromatic N) is 3. The van der Waals surface area contributed by atoms with Gasteiger partial charge in [-0.25, -0.2) is 17.4 Å². The summed E-state index contributed by atoms with van der Waals surface area (Å²) in [5, 5.41) is 15.8. The molecule has 1 amide bonds. The quantitative estimate of drug-likeness (QED) is 0.592. The smallest absolute Gasteiger partial charge is 0.269 e. The van der Waals surface area contributed by atoms with Gasteiger partial charge in [-0.3, -0.25) is 4.79 Å². The molecule has 32 heavy (non-hydrogen) atoms. The Labute approximate surface area is 186 Å². The number of nitriles is 1. The van der Waals surface area contributed by atoms with Crippen LogP contribution in [0.3, 0.4) is 0 Å². The maximum atomic E-state index is 13.2. The van der Waals surface area contributed by atoms with Gasteiger partial charge in [0.2, 0.25) is 5.91 Å². The second kappa shape index (κ2) is 7.95. The van der Waals surface area contributed by atoms with E-state index < -0.39 is 15.9 Å². The molecule has 0 radical (unpaired) electrons. The molecule has 2 N–H and O–H groups in total. The van der Waals surface area contributed by atoms with Crippen LogP contribution < -0.4 is 10.6 Å². The van der Waals surface area contributed by atoms with Crippen LogP contribution in [0.4, 0.5) is 11.4 Å². The lowest BCUT2D eigenvalue weighted by Gasteiger charge is -2.26. The van der Waals surface area contributed by atoms with E-state index in [1.54, 1.807) is 36.4 Å². The number of nitrogens with one attached hydrogen (secondary N) is 2. The van der Waals surface area contributed by atoms with Crippen molar-refractivity contribution in [2.75, 3.05) is 10.6 Å². The molecule has 2 fully saturated rings. The van der Waals surface area contributed by atoms with Gasteiger partial charge in [0.1, 0.15) is 6.42 Å². The van der Waals surface area contributed by atoms with E-state index in [1.165, 1.54) is 35.6 Å². The fraction of sp³-hybridized carbons (Fsp3) is 0.348. The van der Waals surface area contributed by atoms with Crippen LogP contribution in [0, 0.1) is 23.2 Å². The first-order valence-corrected chi connectivity index (χ1v) is 12.2. The van der Waals surface area contributed by atoms with Crippen molar-refractivity contribution in [2.24, 2.45) is 11.8 Å². The van der Waals surface area contributed by atoms with Gasteiger partial charge in [-0.1, -0.05) is 24.6 Å². The topological polar surface area (TPSA) is 117 Å². The number of fused-ring (bicyclic) bond motifs is 3. The van der Waals surface area contributed by atoms with E-state index in [2.05, 4.69) is 15.6 Å². The molecule has 2 heterocycles. The van der Waals surface area contributed by atoms with Crippen molar-refractivity contribution >= 4 is 38.3 Å². The van der Waals surface area contributed by atoms with Gasteiger partial charge >= 0.3 is 0 Å². The number of hydrogen-bond donors (Lipinski definition) is 2. The van der Waals surface area contributed by atoms with Gasteiger partial charge in [0.25, 0.3) is 10.0 Å². The van der Waals surface area contributed by atoms with Gasteiger partial charge in [-0.15, -0.1) is 0 Å². The van der Waals surface area contributed by atoms with Crippen LogP contribution in [0.5, 0.6) is 0 Å². The van der Waals surface area contributed by atoms with Gasteiger partial charge in [0.05, 0.1) is 28.5 Å². The zero-order chi connectivity index (χ0) is 22.3. The highest BCUT2D eigenvalue weighted by molar-refractivity contribution is 7.90. The average molecular weight is 450 g/mol. The molecule has 0 spiro atoms. The number of anilines is 2. The molecule has 3 unspecified atom stereocenters. The molecular formula is C23H23N5O3S. The van der Waals surface area contributed by atoms with Crippen molar-refractivity contribution in [3.8, 4) is 6.07 Å². The Morgan fingerprint density at radius 1 is 1.19 bits per heavy atom. The number of benzene rings is 1. The largest absolute Gasteiger partial charge is 0.380 e. The minimum absolute atomic E-state index is 0.174. The highest BCUT2D eigenvalue weighted by Crippen LogP contribution is 2.46. The number of amides is 1. The van der Waals surface area contributed by atoms with Crippen LogP contribution in [0.1, 0.15) is 32.1 Å². The fourth-order valence-electron chi connectivity index (χ4n) is 5.09. The Kier molecular flexibility index (Phi) is 5.10. The van der Waals surface area contributed by atoms with Gasteiger partial charge in [-0.05, 0) is 49.3 Å². The SMILES string of the molecule is N#CCC(=O)Nc1cnc2c(ccn2S(=O)(=O)c2ccccc2)c1NC1CC2CCC1C2. The monoisotopic (exact) mass is 449 g/mol. The van der Waals surface area contributed by atoms with E-state index in [1.807, 2.05) is 6.07 Å². The number of rotatable bonds is 6. The summed E-state index contributed by atoms with van der Waals surface area (Å²) in [5.41, 5.74) is 1.40. The molecule has 0 saturated heterocycles. The van der Waals surface area contributed by atoms with E-state index in [-0.39, 0.29) is 23.0 Å². The average Bonchev–Trinajstić information content (AvgIpc) is 3.52. The third kappa shape index (κ3) is 3.50. The Morgan fingerprint density at radius 2 is 2.00 bits per heavy atom. The molecule has 2 aliphatic rings. The van der Waals surface area contributed by atoms with Crippen LogP contribution in [-0.4, -0.2) is 29.3 Å². The van der Waals surface area contributed by atoms with E-state index in [0.717, 1.165) is 12.3 Å². The first kappa shape index (κ1) is 20.5. The van der Waals surface area contributed by atoms with Crippen molar-refractivity contribution in [3.05, 3.63) is 48.8 Å². The molecule has 2 bridgehead atoms. The molecule has 0 aliphatic heterocycles. The molecule has 164 valence electrons. The van der Waals surface area contributed by atoms with Crippen LogP contribution in [0.25, 0.3) is 11.0 Å². The number of aromatic nitrogens is 2. The molecular weight excluding hydrogens is 426 g/mol. The molecule has 2 saturated carbocycles. The third-order valence-corrected chi connectivity index (χ3v) is 8.24. The van der Waals surface area contributed by atoms with Crippen molar-refractivity contribution in [2.45, 2.75) is 43.0 Å². The summed E-state index contributed by atoms with van der Waals surface area (Å²) >= 11 is 0. The van der Waals surface area contributed by atoms with E-state index >= 15 is 0 Å². The molecule has 3 aromatic rings. The standard InChI is InChI=1S/C23H23N5O3S/c24-10-8-21(29)26-20-14-25-23-18(22(20)27-19-13-15-6-7-16(19)12-15)9-11-28(23)32(30,31)17-4-2-1-3-5-17/h1-5,9,11,14-16,19H,6-8,12-13H2,(H,25,27)(H,26,29). The molecule has 8 nitrogen and oxygen atoms in total. The Hall–Kier alpha value is -3.38. The zero-order valence-corrected chi connectivity index (χ0v) is 18.2. The molecule has 1 aromatic carbocycles. The summed E-state index contributed by atoms with van der Waals surface area (Å²) in [6.45, 7) is 0. The Balaban J connectivity index is 1.59. The number of carbonyl (C=O) groups is 1. The second-order valence-corrected chi connectivity index (χ2v) is 10.3. The summed E-state index contributed by atoms with van der Waals surface area (Å²) in [4.78, 5) is 16.7. The molecule has 5 rings (SSSR count). The predicted molar refractivity (Wildman–Crippen MR) is 120 cm³/mol. The lowest BCUT2D eigenvalue weighted by Crippen LogP contribution is -2.27. The van der Waals surface area contributed by atoms with E-state index in [4.69, 9.17) is 5.26 Å². The van der Waals surface area contributed by atoms with Crippen molar-refractivity contribution in [1.29, 1.82) is 5.26 Å². The van der Waals surface area contributed by atoms with Gasteiger partial charge < -0.3 is 10.6 Å². The normalized spacial score (nSPS) is 22.0. The maximum Gasteiger partial charge on any atom is 0.269 e. The minimum atomic E-state index is -3.82. The van der Waals surface area contributed by atoms with Crippen LogP contribution >= 0.6 is 0 Å². The van der Waals surface area contributed by atoms with Gasteiger partial charge in [0.15, 0.2) is 5.65 Å². The highest BCUT2D eigenvalue weighted by Gasteiger charge is 2.40.